The normalized spacial score (nSPS) is 21.2. The van der Waals surface area contributed by atoms with Crippen molar-refractivity contribution in [2.24, 2.45) is 17.3 Å². The minimum absolute atomic E-state index is 0.0812. The number of hydrogen-bond acceptors (Lipinski definition) is 3. The third-order valence-corrected chi connectivity index (χ3v) is 5.03. The molecule has 1 fully saturated rings. The summed E-state index contributed by atoms with van der Waals surface area (Å²) >= 11 is 0. The second kappa shape index (κ2) is 6.93. The number of aliphatic hydroxyl groups is 1. The summed E-state index contributed by atoms with van der Waals surface area (Å²) in [7, 11) is 0. The Morgan fingerprint density at radius 1 is 1.25 bits per heavy atom. The number of aliphatic hydroxyl groups excluding tert-OH is 1. The van der Waals surface area contributed by atoms with Crippen LogP contribution in [0.15, 0.2) is 0 Å². The van der Waals surface area contributed by atoms with Gasteiger partial charge in [-0.25, -0.2) is 0 Å². The van der Waals surface area contributed by atoms with Crippen LogP contribution in [-0.2, 0) is 9.53 Å². The van der Waals surface area contributed by atoms with Crippen molar-refractivity contribution in [2.45, 2.75) is 78.7 Å². The fraction of sp³-hybridized carbons (Fsp3) is 0.941. The van der Waals surface area contributed by atoms with Crippen molar-refractivity contribution < 1.29 is 14.6 Å². The molecule has 1 aliphatic rings. The van der Waals surface area contributed by atoms with Crippen LogP contribution in [0.2, 0.25) is 0 Å². The van der Waals surface area contributed by atoms with E-state index in [9.17, 15) is 9.90 Å². The van der Waals surface area contributed by atoms with Crippen molar-refractivity contribution in [3.8, 4) is 0 Å². The van der Waals surface area contributed by atoms with E-state index in [1.807, 2.05) is 13.8 Å². The fourth-order valence-electron chi connectivity index (χ4n) is 3.44. The predicted octanol–water partition coefficient (Wildman–Crippen LogP) is 3.93. The van der Waals surface area contributed by atoms with E-state index in [0.717, 1.165) is 32.1 Å². The molecule has 20 heavy (non-hydrogen) atoms. The standard InChI is InChI=1S/C17H32O3/c1-6-16(9-7-8-10-16)20-15(19)17(12-18,14(4)5)11-13(2)3/h13-14,18H,6-12H2,1-5H3. The monoisotopic (exact) mass is 284 g/mol. The molecule has 1 N–H and O–H groups in total. The molecule has 0 saturated heterocycles. The van der Waals surface area contributed by atoms with Gasteiger partial charge in [0.1, 0.15) is 5.60 Å². The molecule has 0 aromatic heterocycles. The van der Waals surface area contributed by atoms with Crippen molar-refractivity contribution in [1.82, 2.24) is 0 Å². The molecule has 118 valence electrons. The van der Waals surface area contributed by atoms with Crippen LogP contribution in [0, 0.1) is 17.3 Å². The van der Waals surface area contributed by atoms with E-state index in [-0.39, 0.29) is 24.1 Å². The summed E-state index contributed by atoms with van der Waals surface area (Å²) in [6.45, 7) is 10.2. The lowest BCUT2D eigenvalue weighted by Gasteiger charge is -2.39. The van der Waals surface area contributed by atoms with Gasteiger partial charge in [-0.2, -0.15) is 0 Å². The lowest BCUT2D eigenvalue weighted by Crippen LogP contribution is -2.46. The van der Waals surface area contributed by atoms with E-state index in [0.29, 0.717) is 12.3 Å². The first-order chi connectivity index (χ1) is 9.32. The average Bonchev–Trinajstić information content (AvgIpc) is 2.84. The van der Waals surface area contributed by atoms with Gasteiger partial charge in [0.15, 0.2) is 0 Å². The van der Waals surface area contributed by atoms with Crippen LogP contribution >= 0.6 is 0 Å². The predicted molar refractivity (Wildman–Crippen MR) is 81.4 cm³/mol. The van der Waals surface area contributed by atoms with Gasteiger partial charge in [-0.15, -0.1) is 0 Å². The number of rotatable bonds is 7. The molecule has 0 bridgehead atoms. The van der Waals surface area contributed by atoms with Crippen molar-refractivity contribution in [3.05, 3.63) is 0 Å². The summed E-state index contributed by atoms with van der Waals surface area (Å²) in [5, 5.41) is 9.90. The van der Waals surface area contributed by atoms with E-state index in [1.54, 1.807) is 0 Å². The maximum absolute atomic E-state index is 12.8. The maximum atomic E-state index is 12.8. The van der Waals surface area contributed by atoms with Gasteiger partial charge in [0.05, 0.1) is 12.0 Å². The first-order valence-electron chi connectivity index (χ1n) is 8.16. The third-order valence-electron chi connectivity index (χ3n) is 5.03. The highest BCUT2D eigenvalue weighted by Crippen LogP contribution is 2.41. The van der Waals surface area contributed by atoms with Crippen LogP contribution in [0.3, 0.4) is 0 Å². The summed E-state index contributed by atoms with van der Waals surface area (Å²) in [6, 6.07) is 0. The van der Waals surface area contributed by atoms with Crippen molar-refractivity contribution in [1.29, 1.82) is 0 Å². The second-order valence-electron chi connectivity index (χ2n) is 7.20. The molecule has 0 heterocycles. The van der Waals surface area contributed by atoms with Gasteiger partial charge in [-0.05, 0) is 50.4 Å². The molecular weight excluding hydrogens is 252 g/mol. The Balaban J connectivity index is 2.93. The number of carbonyl (C=O) groups excluding carboxylic acids is 1. The van der Waals surface area contributed by atoms with Gasteiger partial charge in [-0.3, -0.25) is 4.79 Å². The third kappa shape index (κ3) is 3.55. The van der Waals surface area contributed by atoms with Gasteiger partial charge in [0.25, 0.3) is 0 Å². The largest absolute Gasteiger partial charge is 0.459 e. The average molecular weight is 284 g/mol. The zero-order chi connectivity index (χ0) is 15.4. The Kier molecular flexibility index (Phi) is 6.06. The highest BCUT2D eigenvalue weighted by Gasteiger charge is 2.47. The first-order valence-corrected chi connectivity index (χ1v) is 8.16. The summed E-state index contributed by atoms with van der Waals surface area (Å²) in [5.41, 5.74) is -1.03. The van der Waals surface area contributed by atoms with Crippen LogP contribution < -0.4 is 0 Å². The molecule has 0 spiro atoms. The number of carbonyl (C=O) groups is 1. The SMILES string of the molecule is CCC1(OC(=O)C(CO)(CC(C)C)C(C)C)CCCC1. The lowest BCUT2D eigenvalue weighted by atomic mass is 9.72. The van der Waals surface area contributed by atoms with E-state index < -0.39 is 5.41 Å². The first kappa shape index (κ1) is 17.5. The topological polar surface area (TPSA) is 46.5 Å². The van der Waals surface area contributed by atoms with E-state index in [2.05, 4.69) is 20.8 Å². The van der Waals surface area contributed by atoms with E-state index >= 15 is 0 Å². The number of ether oxygens (including phenoxy) is 1. The highest BCUT2D eigenvalue weighted by atomic mass is 16.6. The molecule has 0 aliphatic heterocycles. The molecule has 1 aliphatic carbocycles. The van der Waals surface area contributed by atoms with E-state index in [1.165, 1.54) is 0 Å². The Hall–Kier alpha value is -0.570. The van der Waals surface area contributed by atoms with Crippen LogP contribution in [0.1, 0.15) is 73.1 Å². The Morgan fingerprint density at radius 3 is 2.15 bits per heavy atom. The van der Waals surface area contributed by atoms with Crippen LogP contribution in [0.4, 0.5) is 0 Å². The van der Waals surface area contributed by atoms with E-state index in [4.69, 9.17) is 4.74 Å². The van der Waals surface area contributed by atoms with Crippen LogP contribution in [0.25, 0.3) is 0 Å². The van der Waals surface area contributed by atoms with Crippen molar-refractivity contribution in [3.63, 3.8) is 0 Å². The van der Waals surface area contributed by atoms with Gasteiger partial charge in [0.2, 0.25) is 0 Å². The molecule has 0 amide bonds. The molecule has 3 heteroatoms. The summed E-state index contributed by atoms with van der Waals surface area (Å²) in [5.74, 6) is 0.253. The Labute approximate surface area is 124 Å². The highest BCUT2D eigenvalue weighted by molar-refractivity contribution is 5.78. The zero-order valence-corrected chi connectivity index (χ0v) is 13.9. The number of hydrogen-bond donors (Lipinski definition) is 1. The minimum Gasteiger partial charge on any atom is -0.459 e. The quantitative estimate of drug-likeness (QED) is 0.720. The molecule has 0 aromatic carbocycles. The summed E-state index contributed by atoms with van der Waals surface area (Å²) in [4.78, 5) is 12.8. The molecule has 1 unspecified atom stereocenters. The smallest absolute Gasteiger partial charge is 0.315 e. The maximum Gasteiger partial charge on any atom is 0.315 e. The van der Waals surface area contributed by atoms with Gasteiger partial charge in [0, 0.05) is 0 Å². The van der Waals surface area contributed by atoms with Crippen LogP contribution in [-0.4, -0.2) is 23.3 Å². The summed E-state index contributed by atoms with van der Waals surface area (Å²) < 4.78 is 5.97. The fourth-order valence-corrected chi connectivity index (χ4v) is 3.44. The minimum atomic E-state index is -0.751. The Bertz CT molecular complexity index is 316. The second-order valence-corrected chi connectivity index (χ2v) is 7.20. The zero-order valence-electron chi connectivity index (χ0n) is 13.9. The summed E-state index contributed by atoms with van der Waals surface area (Å²) in [6.07, 6.45) is 5.77. The molecular formula is C17H32O3. The molecule has 0 radical (unpaired) electrons. The molecule has 0 aromatic rings. The Morgan fingerprint density at radius 2 is 1.80 bits per heavy atom. The molecule has 1 rings (SSSR count). The molecule has 3 nitrogen and oxygen atoms in total. The van der Waals surface area contributed by atoms with Gasteiger partial charge >= 0.3 is 5.97 Å². The van der Waals surface area contributed by atoms with Crippen molar-refractivity contribution >= 4 is 5.97 Å². The lowest BCUT2D eigenvalue weighted by molar-refractivity contribution is -0.180. The molecule has 1 atom stereocenters. The van der Waals surface area contributed by atoms with Gasteiger partial charge in [-0.1, -0.05) is 34.6 Å². The van der Waals surface area contributed by atoms with Crippen molar-refractivity contribution in [2.75, 3.05) is 6.61 Å². The van der Waals surface area contributed by atoms with Gasteiger partial charge < -0.3 is 9.84 Å². The number of esters is 1. The molecule has 1 saturated carbocycles. The van der Waals surface area contributed by atoms with Crippen LogP contribution in [0.5, 0.6) is 0 Å².